The maximum atomic E-state index is 13.4. The van der Waals surface area contributed by atoms with Crippen LogP contribution in [0.1, 0.15) is 18.9 Å². The van der Waals surface area contributed by atoms with Crippen molar-refractivity contribution in [3.63, 3.8) is 0 Å². The van der Waals surface area contributed by atoms with E-state index in [0.717, 1.165) is 0 Å². The van der Waals surface area contributed by atoms with Gasteiger partial charge in [0, 0.05) is 23.1 Å². The van der Waals surface area contributed by atoms with Crippen molar-refractivity contribution < 1.29 is 13.9 Å². The van der Waals surface area contributed by atoms with Crippen molar-refractivity contribution in [3.05, 3.63) is 34.1 Å². The van der Waals surface area contributed by atoms with Gasteiger partial charge in [0.25, 0.3) is 0 Å². The predicted molar refractivity (Wildman–Crippen MR) is 67.1 cm³/mol. The number of benzene rings is 1. The molecule has 0 unspecified atom stereocenters. The van der Waals surface area contributed by atoms with Gasteiger partial charge in [-0.15, -0.1) is 0 Å². The first-order chi connectivity index (χ1) is 8.13. The Kier molecular flexibility index (Phi) is 6.15. The smallest absolute Gasteiger partial charge is 0.307 e. The van der Waals surface area contributed by atoms with Crippen LogP contribution in [-0.4, -0.2) is 19.1 Å². The molecule has 0 saturated heterocycles. The second-order valence-corrected chi connectivity index (χ2v) is 4.38. The van der Waals surface area contributed by atoms with Gasteiger partial charge >= 0.3 is 5.97 Å². The average Bonchev–Trinajstić information content (AvgIpc) is 2.27. The lowest BCUT2D eigenvalue weighted by Crippen LogP contribution is -2.19. The molecular formula is C12H15BrFNO2. The van der Waals surface area contributed by atoms with E-state index in [4.69, 9.17) is 4.74 Å². The zero-order chi connectivity index (χ0) is 12.7. The Morgan fingerprint density at radius 3 is 2.94 bits per heavy atom. The number of nitrogens with one attached hydrogen (secondary N) is 1. The van der Waals surface area contributed by atoms with Crippen LogP contribution in [0.4, 0.5) is 4.39 Å². The van der Waals surface area contributed by atoms with Crippen LogP contribution in [-0.2, 0) is 16.1 Å². The summed E-state index contributed by atoms with van der Waals surface area (Å²) < 4.78 is 18.9. The predicted octanol–water partition coefficient (Wildman–Crippen LogP) is 2.63. The molecule has 17 heavy (non-hydrogen) atoms. The first-order valence-corrected chi connectivity index (χ1v) is 6.23. The lowest BCUT2D eigenvalue weighted by Gasteiger charge is -2.06. The molecule has 0 aliphatic carbocycles. The van der Waals surface area contributed by atoms with E-state index in [9.17, 15) is 9.18 Å². The minimum Gasteiger partial charge on any atom is -0.466 e. The minimum atomic E-state index is -0.261. The van der Waals surface area contributed by atoms with E-state index in [-0.39, 0.29) is 11.8 Å². The number of hydrogen-bond acceptors (Lipinski definition) is 3. The third-order valence-electron chi connectivity index (χ3n) is 2.14. The summed E-state index contributed by atoms with van der Waals surface area (Å²) in [7, 11) is 0. The van der Waals surface area contributed by atoms with Gasteiger partial charge in [-0.1, -0.05) is 22.0 Å². The number of hydrogen-bond donors (Lipinski definition) is 1. The molecule has 0 aromatic heterocycles. The molecule has 0 fully saturated rings. The molecule has 0 saturated carbocycles. The maximum Gasteiger partial charge on any atom is 0.307 e. The minimum absolute atomic E-state index is 0.240. The number of halogens is 2. The quantitative estimate of drug-likeness (QED) is 0.648. The van der Waals surface area contributed by atoms with Crippen LogP contribution >= 0.6 is 15.9 Å². The molecule has 3 nitrogen and oxygen atoms in total. The SMILES string of the molecule is CCOC(=O)CCNCc1ccc(Br)cc1F. The highest BCUT2D eigenvalue weighted by Crippen LogP contribution is 2.14. The summed E-state index contributed by atoms with van der Waals surface area (Å²) in [5.74, 6) is -0.501. The van der Waals surface area contributed by atoms with Crippen LogP contribution in [0, 0.1) is 5.82 Å². The summed E-state index contributed by atoms with van der Waals surface area (Å²) in [6.45, 7) is 3.04. The molecule has 0 bridgehead atoms. The lowest BCUT2D eigenvalue weighted by atomic mass is 10.2. The Balaban J connectivity index is 2.29. The fourth-order valence-electron chi connectivity index (χ4n) is 1.31. The monoisotopic (exact) mass is 303 g/mol. The van der Waals surface area contributed by atoms with Crippen LogP contribution in [0.25, 0.3) is 0 Å². The van der Waals surface area contributed by atoms with Gasteiger partial charge in [0.1, 0.15) is 5.82 Å². The van der Waals surface area contributed by atoms with Crippen LogP contribution in [0.5, 0.6) is 0 Å². The third kappa shape index (κ3) is 5.28. The lowest BCUT2D eigenvalue weighted by molar-refractivity contribution is -0.142. The second kappa shape index (κ2) is 7.40. The normalized spacial score (nSPS) is 10.3. The Bertz CT molecular complexity index is 385. The van der Waals surface area contributed by atoms with Crippen LogP contribution in [0.15, 0.2) is 22.7 Å². The van der Waals surface area contributed by atoms with Gasteiger partial charge < -0.3 is 10.1 Å². The zero-order valence-corrected chi connectivity index (χ0v) is 11.2. The summed E-state index contributed by atoms with van der Waals surface area (Å²) in [6.07, 6.45) is 0.298. The third-order valence-corrected chi connectivity index (χ3v) is 2.64. The van der Waals surface area contributed by atoms with E-state index in [1.54, 1.807) is 19.1 Å². The van der Waals surface area contributed by atoms with Crippen molar-refractivity contribution in [2.24, 2.45) is 0 Å². The first-order valence-electron chi connectivity index (χ1n) is 5.43. The molecule has 94 valence electrons. The van der Waals surface area contributed by atoms with Crippen LogP contribution in [0.2, 0.25) is 0 Å². The topological polar surface area (TPSA) is 38.3 Å². The van der Waals surface area contributed by atoms with Gasteiger partial charge in [-0.3, -0.25) is 4.79 Å². The van der Waals surface area contributed by atoms with Gasteiger partial charge in [0.05, 0.1) is 13.0 Å². The Labute approximate surface area is 108 Å². The van der Waals surface area contributed by atoms with Gasteiger partial charge in [0.15, 0.2) is 0 Å². The summed E-state index contributed by atoms with van der Waals surface area (Å²) >= 11 is 3.19. The van der Waals surface area contributed by atoms with Gasteiger partial charge in [0.2, 0.25) is 0 Å². The average molecular weight is 304 g/mol. The Hall–Kier alpha value is -0.940. The van der Waals surface area contributed by atoms with Crippen molar-refractivity contribution >= 4 is 21.9 Å². The number of carbonyl (C=O) groups excluding carboxylic acids is 1. The highest BCUT2D eigenvalue weighted by atomic mass is 79.9. The summed E-state index contributed by atoms with van der Waals surface area (Å²) in [6, 6.07) is 4.91. The van der Waals surface area contributed by atoms with E-state index < -0.39 is 0 Å². The highest BCUT2D eigenvalue weighted by molar-refractivity contribution is 9.10. The molecule has 0 amide bonds. The highest BCUT2D eigenvalue weighted by Gasteiger charge is 2.04. The van der Waals surface area contributed by atoms with E-state index in [1.165, 1.54) is 6.07 Å². The van der Waals surface area contributed by atoms with Gasteiger partial charge in [-0.05, 0) is 19.1 Å². The molecule has 0 aliphatic rings. The molecule has 1 rings (SSSR count). The zero-order valence-electron chi connectivity index (χ0n) is 9.63. The van der Waals surface area contributed by atoms with E-state index in [2.05, 4.69) is 21.2 Å². The standard InChI is InChI=1S/C12H15BrFNO2/c1-2-17-12(16)5-6-15-8-9-3-4-10(13)7-11(9)14/h3-4,7,15H,2,5-6,8H2,1H3. The van der Waals surface area contributed by atoms with E-state index >= 15 is 0 Å². The van der Waals surface area contributed by atoms with Crippen LogP contribution < -0.4 is 5.32 Å². The number of carbonyl (C=O) groups is 1. The van der Waals surface area contributed by atoms with Crippen LogP contribution in [0.3, 0.4) is 0 Å². The molecule has 0 radical (unpaired) electrons. The van der Waals surface area contributed by atoms with Crippen molar-refractivity contribution in [1.82, 2.24) is 5.32 Å². The molecule has 0 heterocycles. The van der Waals surface area contributed by atoms with Gasteiger partial charge in [-0.25, -0.2) is 4.39 Å². The molecular weight excluding hydrogens is 289 g/mol. The van der Waals surface area contributed by atoms with Crippen molar-refractivity contribution in [2.75, 3.05) is 13.2 Å². The summed E-state index contributed by atoms with van der Waals surface area (Å²) in [5.41, 5.74) is 0.581. The molecule has 0 aliphatic heterocycles. The largest absolute Gasteiger partial charge is 0.466 e. The molecule has 1 aromatic carbocycles. The van der Waals surface area contributed by atoms with Crippen molar-refractivity contribution in [3.8, 4) is 0 Å². The summed E-state index contributed by atoms with van der Waals surface area (Å²) in [5, 5.41) is 3.00. The fraction of sp³-hybridized carbons (Fsp3) is 0.417. The maximum absolute atomic E-state index is 13.4. The Morgan fingerprint density at radius 1 is 1.53 bits per heavy atom. The van der Waals surface area contributed by atoms with E-state index in [1.807, 2.05) is 0 Å². The van der Waals surface area contributed by atoms with E-state index in [0.29, 0.717) is 36.2 Å². The molecule has 1 aromatic rings. The number of ether oxygens (including phenoxy) is 1. The number of rotatable bonds is 6. The number of esters is 1. The second-order valence-electron chi connectivity index (χ2n) is 3.47. The fourth-order valence-corrected chi connectivity index (χ4v) is 1.64. The molecule has 0 spiro atoms. The van der Waals surface area contributed by atoms with Crippen molar-refractivity contribution in [1.29, 1.82) is 0 Å². The first kappa shape index (κ1) is 14.1. The van der Waals surface area contributed by atoms with Crippen molar-refractivity contribution in [2.45, 2.75) is 19.9 Å². The van der Waals surface area contributed by atoms with Gasteiger partial charge in [-0.2, -0.15) is 0 Å². The summed E-state index contributed by atoms with van der Waals surface area (Å²) in [4.78, 5) is 11.0. The molecule has 5 heteroatoms. The molecule has 1 N–H and O–H groups in total. The molecule has 0 atom stereocenters. The Morgan fingerprint density at radius 2 is 2.29 bits per heavy atom.